The van der Waals surface area contributed by atoms with Crippen LogP contribution >= 0.6 is 23.1 Å². The third-order valence-electron chi connectivity index (χ3n) is 4.66. The number of aromatic nitrogens is 2. The summed E-state index contributed by atoms with van der Waals surface area (Å²) < 4.78 is 1.53. The van der Waals surface area contributed by atoms with Gasteiger partial charge in [-0.3, -0.25) is 14.0 Å². The zero-order valence-electron chi connectivity index (χ0n) is 14.1. The number of nitrogens with one attached hydrogen (secondary N) is 1. The lowest BCUT2D eigenvalue weighted by atomic mass is 9.84. The zero-order chi connectivity index (χ0) is 17.6. The molecule has 1 saturated carbocycles. The number of fused-ring (bicyclic) bond motifs is 1. The van der Waals surface area contributed by atoms with Crippen LogP contribution in [0.2, 0.25) is 0 Å². The molecular weight excluding hydrogens is 356 g/mol. The van der Waals surface area contributed by atoms with Gasteiger partial charge in [-0.2, -0.15) is 0 Å². The summed E-state index contributed by atoms with van der Waals surface area (Å²) in [5, 5.41) is 4.93. The largest absolute Gasteiger partial charge is 0.351 e. The molecule has 1 fully saturated rings. The summed E-state index contributed by atoms with van der Waals surface area (Å²) in [7, 11) is 0. The van der Waals surface area contributed by atoms with Gasteiger partial charge < -0.3 is 11.1 Å². The van der Waals surface area contributed by atoms with E-state index in [0.717, 1.165) is 12.8 Å². The second-order valence-corrected chi connectivity index (χ2v) is 8.30. The standard InChI is InChI=1S/C17H24N4O2S2/c18-9-14(12-4-2-1-3-5-12)20-15(22)11-24-10-13-8-16(23)21-6-7-25-17(21)19-13/h6-8,12,14H,1-5,9-11,18H2,(H,20,22). The van der Waals surface area contributed by atoms with Gasteiger partial charge >= 0.3 is 0 Å². The first kappa shape index (κ1) is 18.4. The van der Waals surface area contributed by atoms with Gasteiger partial charge in [0.05, 0.1) is 11.4 Å². The highest BCUT2D eigenvalue weighted by atomic mass is 32.2. The first-order valence-electron chi connectivity index (χ1n) is 8.70. The second-order valence-electron chi connectivity index (χ2n) is 6.44. The molecule has 2 aromatic heterocycles. The number of thiazole rings is 1. The molecule has 0 spiro atoms. The van der Waals surface area contributed by atoms with Gasteiger partial charge in [0.15, 0.2) is 4.96 Å². The molecule has 0 aliphatic heterocycles. The maximum atomic E-state index is 12.2. The molecule has 1 unspecified atom stereocenters. The van der Waals surface area contributed by atoms with Gasteiger partial charge in [-0.15, -0.1) is 23.1 Å². The van der Waals surface area contributed by atoms with E-state index in [1.165, 1.54) is 52.8 Å². The summed E-state index contributed by atoms with van der Waals surface area (Å²) in [5.41, 5.74) is 6.50. The molecule has 0 saturated heterocycles. The van der Waals surface area contributed by atoms with Crippen LogP contribution in [0, 0.1) is 5.92 Å². The number of thioether (sulfide) groups is 1. The Morgan fingerprint density at radius 1 is 1.44 bits per heavy atom. The number of amides is 1. The van der Waals surface area contributed by atoms with Gasteiger partial charge in [-0.05, 0) is 18.8 Å². The Morgan fingerprint density at radius 2 is 2.24 bits per heavy atom. The normalized spacial score (nSPS) is 16.8. The molecule has 2 aromatic rings. The van der Waals surface area contributed by atoms with Crippen LogP contribution in [-0.2, 0) is 10.5 Å². The Kier molecular flexibility index (Phi) is 6.50. The van der Waals surface area contributed by atoms with E-state index in [1.54, 1.807) is 6.20 Å². The highest BCUT2D eigenvalue weighted by Crippen LogP contribution is 2.26. The number of carbonyl (C=O) groups excluding carboxylic acids is 1. The first-order valence-corrected chi connectivity index (χ1v) is 10.7. The average Bonchev–Trinajstić information content (AvgIpc) is 3.09. The fourth-order valence-electron chi connectivity index (χ4n) is 3.36. The molecule has 2 heterocycles. The first-order chi connectivity index (χ1) is 12.2. The molecular formula is C17H24N4O2S2. The fraction of sp³-hybridized carbons (Fsp3) is 0.588. The van der Waals surface area contributed by atoms with Gasteiger partial charge in [0.25, 0.3) is 5.56 Å². The third-order valence-corrected chi connectivity index (χ3v) is 6.38. The second kappa shape index (κ2) is 8.82. The van der Waals surface area contributed by atoms with Crippen LogP contribution in [0.4, 0.5) is 0 Å². The minimum atomic E-state index is -0.0770. The van der Waals surface area contributed by atoms with Crippen LogP contribution in [0.25, 0.3) is 4.96 Å². The van der Waals surface area contributed by atoms with Crippen molar-refractivity contribution in [3.63, 3.8) is 0 Å². The zero-order valence-corrected chi connectivity index (χ0v) is 15.8. The summed E-state index contributed by atoms with van der Waals surface area (Å²) >= 11 is 2.91. The average molecular weight is 381 g/mol. The van der Waals surface area contributed by atoms with Crippen LogP contribution < -0.4 is 16.6 Å². The van der Waals surface area contributed by atoms with Crippen LogP contribution in [0.5, 0.6) is 0 Å². The van der Waals surface area contributed by atoms with E-state index in [9.17, 15) is 9.59 Å². The molecule has 1 atom stereocenters. The molecule has 6 nitrogen and oxygen atoms in total. The molecule has 1 aliphatic carbocycles. The molecule has 0 bridgehead atoms. The molecule has 3 rings (SSSR count). The van der Waals surface area contributed by atoms with Crippen LogP contribution in [0.3, 0.4) is 0 Å². The quantitative estimate of drug-likeness (QED) is 0.767. The van der Waals surface area contributed by atoms with Crippen molar-refractivity contribution in [1.29, 1.82) is 0 Å². The van der Waals surface area contributed by atoms with Crippen molar-refractivity contribution in [3.8, 4) is 0 Å². The molecule has 136 valence electrons. The Morgan fingerprint density at radius 3 is 3.00 bits per heavy atom. The number of carbonyl (C=O) groups is 1. The summed E-state index contributed by atoms with van der Waals surface area (Å²) in [5.74, 6) is 1.43. The highest BCUT2D eigenvalue weighted by molar-refractivity contribution is 7.99. The maximum absolute atomic E-state index is 12.2. The third kappa shape index (κ3) is 4.83. The minimum absolute atomic E-state index is 0.0138. The molecule has 0 radical (unpaired) electrons. The van der Waals surface area contributed by atoms with E-state index >= 15 is 0 Å². The predicted octanol–water partition coefficient (Wildman–Crippen LogP) is 2.01. The fourth-order valence-corrected chi connectivity index (χ4v) is 4.83. The van der Waals surface area contributed by atoms with Gasteiger partial charge in [0.1, 0.15) is 0 Å². The van der Waals surface area contributed by atoms with E-state index in [1.807, 2.05) is 5.38 Å². The minimum Gasteiger partial charge on any atom is -0.351 e. The monoisotopic (exact) mass is 380 g/mol. The van der Waals surface area contributed by atoms with E-state index in [0.29, 0.717) is 34.6 Å². The van der Waals surface area contributed by atoms with Crippen LogP contribution in [0.1, 0.15) is 37.8 Å². The number of nitrogens with zero attached hydrogens (tertiary/aromatic N) is 2. The summed E-state index contributed by atoms with van der Waals surface area (Å²) in [6.07, 6.45) is 7.79. The SMILES string of the molecule is NCC(NC(=O)CSCc1cc(=O)n2ccsc2n1)C1CCCCC1. The molecule has 1 amide bonds. The number of hydrogen-bond donors (Lipinski definition) is 2. The Balaban J connectivity index is 1.48. The van der Waals surface area contributed by atoms with Crippen LogP contribution in [-0.4, -0.2) is 33.6 Å². The van der Waals surface area contributed by atoms with E-state index in [2.05, 4.69) is 10.3 Å². The molecule has 25 heavy (non-hydrogen) atoms. The van der Waals surface area contributed by atoms with Gasteiger partial charge in [-0.1, -0.05) is 19.3 Å². The maximum Gasteiger partial charge on any atom is 0.258 e. The smallest absolute Gasteiger partial charge is 0.258 e. The van der Waals surface area contributed by atoms with Crippen molar-refractivity contribution in [2.24, 2.45) is 11.7 Å². The number of rotatable bonds is 7. The topological polar surface area (TPSA) is 89.5 Å². The van der Waals surface area contributed by atoms with Crippen molar-refractivity contribution < 1.29 is 4.79 Å². The Labute approximate surface area is 155 Å². The predicted molar refractivity (Wildman–Crippen MR) is 103 cm³/mol. The van der Waals surface area contributed by atoms with Crippen molar-refractivity contribution >= 4 is 34.0 Å². The Hall–Kier alpha value is -1.38. The van der Waals surface area contributed by atoms with Gasteiger partial charge in [-0.25, -0.2) is 4.98 Å². The molecule has 8 heteroatoms. The Bertz CT molecular complexity index is 767. The lowest BCUT2D eigenvalue weighted by Crippen LogP contribution is -2.46. The summed E-state index contributed by atoms with van der Waals surface area (Å²) in [6, 6.07) is 1.62. The van der Waals surface area contributed by atoms with E-state index < -0.39 is 0 Å². The number of hydrogen-bond acceptors (Lipinski definition) is 6. The van der Waals surface area contributed by atoms with Crippen molar-refractivity contribution in [2.75, 3.05) is 12.3 Å². The molecule has 3 N–H and O–H groups in total. The van der Waals surface area contributed by atoms with Gasteiger partial charge in [0.2, 0.25) is 5.91 Å². The molecule has 0 aromatic carbocycles. The molecule has 1 aliphatic rings. The lowest BCUT2D eigenvalue weighted by Gasteiger charge is -2.30. The lowest BCUT2D eigenvalue weighted by molar-refractivity contribution is -0.119. The number of nitrogens with two attached hydrogens (primary N) is 1. The summed E-state index contributed by atoms with van der Waals surface area (Å²) in [4.78, 5) is 29.3. The van der Waals surface area contributed by atoms with E-state index in [-0.39, 0.29) is 17.5 Å². The van der Waals surface area contributed by atoms with E-state index in [4.69, 9.17) is 5.73 Å². The summed E-state index contributed by atoms with van der Waals surface area (Å²) in [6.45, 7) is 0.494. The highest BCUT2D eigenvalue weighted by Gasteiger charge is 2.23. The van der Waals surface area contributed by atoms with Crippen molar-refractivity contribution in [3.05, 3.63) is 33.7 Å². The van der Waals surface area contributed by atoms with Gasteiger partial charge in [0, 0.05) is 36.0 Å². The van der Waals surface area contributed by atoms with Crippen molar-refractivity contribution in [2.45, 2.75) is 43.9 Å². The van der Waals surface area contributed by atoms with Crippen LogP contribution in [0.15, 0.2) is 22.4 Å². The van der Waals surface area contributed by atoms with Crippen molar-refractivity contribution in [1.82, 2.24) is 14.7 Å².